The Hall–Kier alpha value is -3.73. The number of nitrogens with zero attached hydrogens (tertiary/aromatic N) is 3. The van der Waals surface area contributed by atoms with Crippen LogP contribution in [0.5, 0.6) is 5.75 Å². The fourth-order valence-electron chi connectivity index (χ4n) is 3.44. The maximum Gasteiger partial charge on any atom is 0.267 e. The molecule has 3 aromatic carbocycles. The monoisotopic (exact) mass is 353 g/mol. The molecule has 5 nitrogen and oxygen atoms in total. The maximum absolute atomic E-state index is 13.4. The van der Waals surface area contributed by atoms with Gasteiger partial charge in [0.15, 0.2) is 11.5 Å². The quantitative estimate of drug-likeness (QED) is 0.355. The van der Waals surface area contributed by atoms with Gasteiger partial charge in [-0.3, -0.25) is 4.79 Å². The minimum atomic E-state index is -0.144. The molecule has 0 aliphatic carbocycles. The number of hydrogen-bond donors (Lipinski definition) is 0. The van der Waals surface area contributed by atoms with Crippen molar-refractivity contribution in [3.8, 4) is 17.1 Å². The van der Waals surface area contributed by atoms with Gasteiger partial charge in [-0.1, -0.05) is 36.4 Å². The molecule has 0 saturated heterocycles. The Labute approximate surface area is 154 Å². The SMILES string of the molecule is COc1ccccc1-c1nc2ccccc2c2nc3ccccc3c(=O)n12. The number of ether oxygens (including phenoxy) is 1. The van der Waals surface area contributed by atoms with Crippen LogP contribution in [-0.2, 0) is 0 Å². The molecule has 2 aromatic heterocycles. The van der Waals surface area contributed by atoms with Gasteiger partial charge in [-0.25, -0.2) is 14.4 Å². The van der Waals surface area contributed by atoms with Crippen LogP contribution in [0.3, 0.4) is 0 Å². The number of benzene rings is 3. The molecule has 5 aromatic rings. The van der Waals surface area contributed by atoms with Gasteiger partial charge < -0.3 is 4.74 Å². The number of rotatable bonds is 2. The molecule has 0 bridgehead atoms. The summed E-state index contributed by atoms with van der Waals surface area (Å²) in [4.78, 5) is 23.0. The fraction of sp³-hybridized carbons (Fsp3) is 0.0455. The Bertz CT molecular complexity index is 1390. The zero-order chi connectivity index (χ0) is 18.4. The molecular formula is C22H15N3O2. The van der Waals surface area contributed by atoms with E-state index in [9.17, 15) is 4.79 Å². The van der Waals surface area contributed by atoms with E-state index >= 15 is 0 Å². The maximum atomic E-state index is 13.4. The zero-order valence-electron chi connectivity index (χ0n) is 14.6. The molecule has 0 N–H and O–H groups in total. The van der Waals surface area contributed by atoms with Gasteiger partial charge in [0.2, 0.25) is 0 Å². The Morgan fingerprint density at radius 1 is 0.778 bits per heavy atom. The van der Waals surface area contributed by atoms with Crippen molar-refractivity contribution in [2.24, 2.45) is 0 Å². The van der Waals surface area contributed by atoms with Gasteiger partial charge >= 0.3 is 0 Å². The van der Waals surface area contributed by atoms with Crippen molar-refractivity contribution >= 4 is 27.5 Å². The minimum absolute atomic E-state index is 0.144. The average Bonchev–Trinajstić information content (AvgIpc) is 2.73. The second-order valence-electron chi connectivity index (χ2n) is 6.25. The first-order valence-corrected chi connectivity index (χ1v) is 8.61. The van der Waals surface area contributed by atoms with Gasteiger partial charge in [0.05, 0.1) is 29.1 Å². The first-order chi connectivity index (χ1) is 13.3. The molecule has 0 aliphatic rings. The van der Waals surface area contributed by atoms with Crippen LogP contribution < -0.4 is 10.3 Å². The van der Waals surface area contributed by atoms with Crippen LogP contribution in [0, 0.1) is 0 Å². The molecule has 0 radical (unpaired) electrons. The van der Waals surface area contributed by atoms with E-state index < -0.39 is 0 Å². The average molecular weight is 353 g/mol. The number of methoxy groups -OCH3 is 1. The molecule has 0 saturated carbocycles. The Morgan fingerprint density at radius 2 is 1.41 bits per heavy atom. The molecule has 0 unspecified atom stereocenters. The fourth-order valence-corrected chi connectivity index (χ4v) is 3.44. The summed E-state index contributed by atoms with van der Waals surface area (Å²) in [6.07, 6.45) is 0. The van der Waals surface area contributed by atoms with Crippen LogP contribution in [-0.4, -0.2) is 21.5 Å². The van der Waals surface area contributed by atoms with E-state index in [-0.39, 0.29) is 5.56 Å². The van der Waals surface area contributed by atoms with E-state index in [0.29, 0.717) is 28.1 Å². The summed E-state index contributed by atoms with van der Waals surface area (Å²) in [7, 11) is 1.61. The first kappa shape index (κ1) is 15.5. The number of aromatic nitrogens is 3. The lowest BCUT2D eigenvalue weighted by Crippen LogP contribution is -2.19. The van der Waals surface area contributed by atoms with Gasteiger partial charge in [-0.15, -0.1) is 0 Å². The molecule has 0 atom stereocenters. The highest BCUT2D eigenvalue weighted by Gasteiger charge is 2.17. The van der Waals surface area contributed by atoms with Crippen molar-refractivity contribution < 1.29 is 4.74 Å². The van der Waals surface area contributed by atoms with Crippen molar-refractivity contribution in [1.29, 1.82) is 0 Å². The minimum Gasteiger partial charge on any atom is -0.496 e. The largest absolute Gasteiger partial charge is 0.496 e. The molecule has 0 aliphatic heterocycles. The predicted molar refractivity (Wildman–Crippen MR) is 106 cm³/mol. The molecule has 0 spiro atoms. The van der Waals surface area contributed by atoms with Crippen molar-refractivity contribution in [2.75, 3.05) is 7.11 Å². The Kier molecular flexibility index (Phi) is 3.40. The van der Waals surface area contributed by atoms with Crippen molar-refractivity contribution in [1.82, 2.24) is 14.4 Å². The summed E-state index contributed by atoms with van der Waals surface area (Å²) in [5, 5.41) is 1.39. The van der Waals surface area contributed by atoms with Gasteiger partial charge in [-0.05, 0) is 36.4 Å². The summed E-state index contributed by atoms with van der Waals surface area (Å²) in [5.74, 6) is 1.17. The molecule has 5 rings (SSSR count). The molecule has 0 amide bonds. The lowest BCUT2D eigenvalue weighted by molar-refractivity contribution is 0.416. The molecule has 0 fully saturated rings. The normalized spacial score (nSPS) is 11.3. The highest BCUT2D eigenvalue weighted by atomic mass is 16.5. The van der Waals surface area contributed by atoms with Crippen molar-refractivity contribution in [2.45, 2.75) is 0 Å². The lowest BCUT2D eigenvalue weighted by Gasteiger charge is -2.14. The topological polar surface area (TPSA) is 56.5 Å². The van der Waals surface area contributed by atoms with Gasteiger partial charge in [-0.2, -0.15) is 0 Å². The molecule has 5 heteroatoms. The van der Waals surface area contributed by atoms with Crippen LogP contribution >= 0.6 is 0 Å². The number of para-hydroxylation sites is 3. The summed E-state index contributed by atoms with van der Waals surface area (Å²) >= 11 is 0. The first-order valence-electron chi connectivity index (χ1n) is 8.61. The van der Waals surface area contributed by atoms with E-state index in [1.54, 1.807) is 17.6 Å². The van der Waals surface area contributed by atoms with Crippen LogP contribution in [0.25, 0.3) is 38.8 Å². The molecule has 130 valence electrons. The van der Waals surface area contributed by atoms with Gasteiger partial charge in [0.25, 0.3) is 5.56 Å². The van der Waals surface area contributed by atoms with Crippen LogP contribution in [0.4, 0.5) is 0 Å². The Morgan fingerprint density at radius 3 is 2.19 bits per heavy atom. The van der Waals surface area contributed by atoms with Gasteiger partial charge in [0, 0.05) is 5.39 Å². The molecule has 27 heavy (non-hydrogen) atoms. The summed E-state index contributed by atoms with van der Waals surface area (Å²) < 4.78 is 7.10. The highest BCUT2D eigenvalue weighted by molar-refractivity contribution is 5.95. The third kappa shape index (κ3) is 2.29. The van der Waals surface area contributed by atoms with Crippen LogP contribution in [0.1, 0.15) is 0 Å². The molecular weight excluding hydrogens is 338 g/mol. The van der Waals surface area contributed by atoms with Crippen molar-refractivity contribution in [3.05, 3.63) is 83.2 Å². The Balaban J connectivity index is 2.06. The van der Waals surface area contributed by atoms with Crippen molar-refractivity contribution in [3.63, 3.8) is 0 Å². The molecule has 2 heterocycles. The van der Waals surface area contributed by atoms with Crippen LogP contribution in [0.15, 0.2) is 77.6 Å². The second kappa shape index (κ2) is 5.92. The summed E-state index contributed by atoms with van der Waals surface area (Å²) in [6.45, 7) is 0. The lowest BCUT2D eigenvalue weighted by atomic mass is 10.1. The number of hydrogen-bond acceptors (Lipinski definition) is 4. The smallest absolute Gasteiger partial charge is 0.267 e. The van der Waals surface area contributed by atoms with Gasteiger partial charge in [0.1, 0.15) is 5.75 Å². The van der Waals surface area contributed by atoms with E-state index in [1.807, 2.05) is 66.7 Å². The second-order valence-corrected chi connectivity index (χ2v) is 6.25. The standard InChI is InChI=1S/C22H15N3O2/c1-27-19-13-7-4-10-16(19)21-23-17-11-5-2-8-14(17)20-24-18-12-6-3-9-15(18)22(26)25(20)21/h2-13H,1H3. The summed E-state index contributed by atoms with van der Waals surface area (Å²) in [6, 6.07) is 22.6. The van der Waals surface area contributed by atoms with E-state index in [0.717, 1.165) is 16.5 Å². The third-order valence-electron chi connectivity index (χ3n) is 4.71. The zero-order valence-corrected chi connectivity index (χ0v) is 14.6. The van der Waals surface area contributed by atoms with E-state index in [2.05, 4.69) is 0 Å². The number of fused-ring (bicyclic) bond motifs is 4. The highest BCUT2D eigenvalue weighted by Crippen LogP contribution is 2.30. The predicted octanol–water partition coefficient (Wildman–Crippen LogP) is 4.07. The summed E-state index contributed by atoms with van der Waals surface area (Å²) in [5.41, 5.74) is 2.64. The third-order valence-corrected chi connectivity index (χ3v) is 4.71. The van der Waals surface area contributed by atoms with Crippen LogP contribution in [0.2, 0.25) is 0 Å². The van der Waals surface area contributed by atoms with E-state index in [4.69, 9.17) is 14.7 Å². The van der Waals surface area contributed by atoms with E-state index in [1.165, 1.54) is 0 Å².